The van der Waals surface area contributed by atoms with Crippen LogP contribution in [0.2, 0.25) is 0 Å². The predicted molar refractivity (Wildman–Crippen MR) is 93.1 cm³/mol. The van der Waals surface area contributed by atoms with Crippen molar-refractivity contribution in [3.05, 3.63) is 0 Å². The molecule has 4 aliphatic rings. The van der Waals surface area contributed by atoms with Gasteiger partial charge in [0.15, 0.2) is 0 Å². The molecule has 2 nitrogen and oxygen atoms in total. The third-order valence-electron chi connectivity index (χ3n) is 8.92. The lowest BCUT2D eigenvalue weighted by atomic mass is 9.45. The molecule has 0 aliphatic heterocycles. The number of ether oxygens (including phenoxy) is 1. The Morgan fingerprint density at radius 1 is 0.913 bits per heavy atom. The first kappa shape index (κ1) is 16.4. The molecule has 2 heteroatoms. The van der Waals surface area contributed by atoms with Crippen molar-refractivity contribution in [1.29, 1.82) is 0 Å². The molecular weight excluding hydrogens is 284 g/mol. The molecule has 0 spiro atoms. The summed E-state index contributed by atoms with van der Waals surface area (Å²) in [7, 11) is 0. The minimum absolute atomic E-state index is 0.0210. The number of hydrogen-bond donors (Lipinski definition) is 1. The van der Waals surface area contributed by atoms with Gasteiger partial charge in [0.05, 0.1) is 12.2 Å². The molecule has 0 aromatic carbocycles. The van der Waals surface area contributed by atoms with Crippen LogP contribution in [0.1, 0.15) is 78.6 Å². The fourth-order valence-electron chi connectivity index (χ4n) is 7.66. The highest BCUT2D eigenvalue weighted by molar-refractivity contribution is 5.09. The molecular formula is C21H36O2. The summed E-state index contributed by atoms with van der Waals surface area (Å²) in [5.41, 5.74) is 0.946. The van der Waals surface area contributed by atoms with E-state index in [1.54, 1.807) is 0 Å². The maximum Gasteiger partial charge on any atom is 0.0631 e. The van der Waals surface area contributed by atoms with Gasteiger partial charge >= 0.3 is 0 Å². The fourth-order valence-corrected chi connectivity index (χ4v) is 7.66. The molecule has 4 saturated carbocycles. The summed E-state index contributed by atoms with van der Waals surface area (Å²) in [4.78, 5) is 0. The highest BCUT2D eigenvalue weighted by atomic mass is 16.5. The lowest BCUT2D eigenvalue weighted by Gasteiger charge is -2.60. The Hall–Kier alpha value is -0.0800. The monoisotopic (exact) mass is 320 g/mol. The van der Waals surface area contributed by atoms with Gasteiger partial charge in [-0.2, -0.15) is 0 Å². The Morgan fingerprint density at radius 3 is 2.43 bits per heavy atom. The summed E-state index contributed by atoms with van der Waals surface area (Å²) in [5.74, 6) is 3.51. The van der Waals surface area contributed by atoms with E-state index in [2.05, 4.69) is 20.8 Å². The van der Waals surface area contributed by atoms with Crippen LogP contribution in [0.3, 0.4) is 0 Å². The van der Waals surface area contributed by atoms with E-state index < -0.39 is 0 Å². The van der Waals surface area contributed by atoms with Gasteiger partial charge in [-0.1, -0.05) is 13.8 Å². The van der Waals surface area contributed by atoms with Crippen LogP contribution in [-0.2, 0) is 4.74 Å². The molecule has 8 unspecified atom stereocenters. The van der Waals surface area contributed by atoms with Gasteiger partial charge in [-0.15, -0.1) is 0 Å². The molecule has 0 saturated heterocycles. The van der Waals surface area contributed by atoms with E-state index in [4.69, 9.17) is 4.74 Å². The normalized spacial score (nSPS) is 55.8. The van der Waals surface area contributed by atoms with Crippen LogP contribution in [0.4, 0.5) is 0 Å². The van der Waals surface area contributed by atoms with Gasteiger partial charge in [0.2, 0.25) is 0 Å². The number of hydrogen-bond acceptors (Lipinski definition) is 2. The number of aliphatic hydroxyl groups is 1. The summed E-state index contributed by atoms with van der Waals surface area (Å²) in [6.07, 6.45) is 12.1. The first-order valence-electron chi connectivity index (χ1n) is 10.3. The van der Waals surface area contributed by atoms with Crippen molar-refractivity contribution in [1.82, 2.24) is 0 Å². The molecule has 0 heterocycles. The first-order chi connectivity index (χ1) is 11.0. The molecule has 8 atom stereocenters. The average Bonchev–Trinajstić information content (AvgIpc) is 2.85. The van der Waals surface area contributed by atoms with Crippen molar-refractivity contribution >= 4 is 0 Å². The lowest BCUT2D eigenvalue weighted by Crippen LogP contribution is -2.54. The van der Waals surface area contributed by atoms with Gasteiger partial charge in [-0.05, 0) is 99.2 Å². The molecule has 0 aromatic rings. The molecule has 0 aromatic heterocycles. The van der Waals surface area contributed by atoms with Crippen LogP contribution >= 0.6 is 0 Å². The Morgan fingerprint density at radius 2 is 1.65 bits per heavy atom. The van der Waals surface area contributed by atoms with E-state index >= 15 is 0 Å². The van der Waals surface area contributed by atoms with Gasteiger partial charge in [-0.25, -0.2) is 0 Å². The number of fused-ring (bicyclic) bond motifs is 5. The summed E-state index contributed by atoms with van der Waals surface area (Å²) in [5, 5.41) is 10.1. The van der Waals surface area contributed by atoms with Gasteiger partial charge in [0.1, 0.15) is 0 Å². The molecule has 132 valence electrons. The molecule has 0 radical (unpaired) electrons. The van der Waals surface area contributed by atoms with Crippen molar-refractivity contribution in [2.75, 3.05) is 6.61 Å². The maximum absolute atomic E-state index is 10.1. The highest BCUT2D eigenvalue weighted by Crippen LogP contribution is 2.66. The van der Waals surface area contributed by atoms with Crippen LogP contribution in [0.5, 0.6) is 0 Å². The highest BCUT2D eigenvalue weighted by Gasteiger charge is 2.60. The molecule has 4 rings (SSSR count). The van der Waals surface area contributed by atoms with E-state index in [9.17, 15) is 5.11 Å². The topological polar surface area (TPSA) is 29.5 Å². The summed E-state index contributed by atoms with van der Waals surface area (Å²) in [6.45, 7) is 8.15. The van der Waals surface area contributed by atoms with E-state index in [-0.39, 0.29) is 6.10 Å². The molecule has 0 amide bonds. The zero-order chi connectivity index (χ0) is 16.2. The van der Waals surface area contributed by atoms with Gasteiger partial charge < -0.3 is 9.84 Å². The number of rotatable bonds is 2. The quantitative estimate of drug-likeness (QED) is 0.792. The SMILES string of the molecule is CCOC1CCC2C3CCC4CC(O)CCC4(C)C3CCC12C. The van der Waals surface area contributed by atoms with Crippen molar-refractivity contribution < 1.29 is 9.84 Å². The molecule has 4 fully saturated rings. The summed E-state index contributed by atoms with van der Waals surface area (Å²) >= 11 is 0. The Labute approximate surface area is 142 Å². The van der Waals surface area contributed by atoms with Gasteiger partial charge in [-0.3, -0.25) is 0 Å². The van der Waals surface area contributed by atoms with Crippen molar-refractivity contribution in [3.63, 3.8) is 0 Å². The molecule has 1 N–H and O–H groups in total. The van der Waals surface area contributed by atoms with Crippen LogP contribution < -0.4 is 0 Å². The molecule has 4 aliphatic carbocycles. The second-order valence-electron chi connectivity index (χ2n) is 9.65. The van der Waals surface area contributed by atoms with Crippen LogP contribution in [-0.4, -0.2) is 23.9 Å². The minimum atomic E-state index is -0.0210. The zero-order valence-corrected chi connectivity index (χ0v) is 15.4. The Balaban J connectivity index is 1.58. The first-order valence-corrected chi connectivity index (χ1v) is 10.3. The van der Waals surface area contributed by atoms with Gasteiger partial charge in [0.25, 0.3) is 0 Å². The van der Waals surface area contributed by atoms with Crippen molar-refractivity contribution in [2.45, 2.75) is 90.8 Å². The summed E-state index contributed by atoms with van der Waals surface area (Å²) < 4.78 is 6.17. The maximum atomic E-state index is 10.1. The van der Waals surface area contributed by atoms with E-state index in [1.165, 1.54) is 44.9 Å². The zero-order valence-electron chi connectivity index (χ0n) is 15.4. The average molecular weight is 321 g/mol. The van der Waals surface area contributed by atoms with Crippen molar-refractivity contribution in [3.8, 4) is 0 Å². The lowest BCUT2D eigenvalue weighted by molar-refractivity contribution is -0.140. The van der Waals surface area contributed by atoms with Crippen LogP contribution in [0, 0.1) is 34.5 Å². The minimum Gasteiger partial charge on any atom is -0.393 e. The molecule has 23 heavy (non-hydrogen) atoms. The molecule has 0 bridgehead atoms. The van der Waals surface area contributed by atoms with E-state index in [0.29, 0.717) is 16.9 Å². The smallest absolute Gasteiger partial charge is 0.0631 e. The second kappa shape index (κ2) is 5.73. The number of aliphatic hydroxyl groups excluding tert-OH is 1. The third-order valence-corrected chi connectivity index (χ3v) is 8.92. The fraction of sp³-hybridized carbons (Fsp3) is 1.00. The largest absolute Gasteiger partial charge is 0.393 e. The Kier molecular flexibility index (Phi) is 4.08. The standard InChI is InChI=1S/C21H36O2/c1-4-23-19-8-7-17-16-6-5-14-13-15(22)9-11-20(14,2)18(16)10-12-21(17,19)3/h14-19,22H,4-13H2,1-3H3. The van der Waals surface area contributed by atoms with Gasteiger partial charge in [0, 0.05) is 6.61 Å². The third kappa shape index (κ3) is 2.34. The second-order valence-corrected chi connectivity index (χ2v) is 9.65. The Bertz CT molecular complexity index is 449. The van der Waals surface area contributed by atoms with Crippen molar-refractivity contribution in [2.24, 2.45) is 34.5 Å². The predicted octanol–water partition coefficient (Wildman–Crippen LogP) is 4.80. The van der Waals surface area contributed by atoms with E-state index in [0.717, 1.165) is 43.1 Å². The van der Waals surface area contributed by atoms with Crippen LogP contribution in [0.25, 0.3) is 0 Å². The summed E-state index contributed by atoms with van der Waals surface area (Å²) in [6, 6.07) is 0. The van der Waals surface area contributed by atoms with Crippen LogP contribution in [0.15, 0.2) is 0 Å². The van der Waals surface area contributed by atoms with E-state index in [1.807, 2.05) is 0 Å².